The van der Waals surface area contributed by atoms with Crippen molar-refractivity contribution in [1.29, 1.82) is 0 Å². The summed E-state index contributed by atoms with van der Waals surface area (Å²) in [6.07, 6.45) is 3.98. The molecule has 1 aromatic heterocycles. The van der Waals surface area contributed by atoms with Gasteiger partial charge in [0.15, 0.2) is 0 Å². The van der Waals surface area contributed by atoms with Crippen LogP contribution in [0.5, 0.6) is 11.8 Å². The highest BCUT2D eigenvalue weighted by Crippen LogP contribution is 2.43. The van der Waals surface area contributed by atoms with Crippen molar-refractivity contribution in [3.05, 3.63) is 53.1 Å². The van der Waals surface area contributed by atoms with Crippen molar-refractivity contribution in [2.75, 3.05) is 37.7 Å². The summed E-state index contributed by atoms with van der Waals surface area (Å²) in [6, 6.07) is 14.6. The minimum absolute atomic E-state index is 0.187. The lowest BCUT2D eigenvalue weighted by Crippen LogP contribution is -2.61. The Kier molecular flexibility index (Phi) is 6.25. The number of halogens is 2. The van der Waals surface area contributed by atoms with Gasteiger partial charge in [-0.25, -0.2) is 4.39 Å². The standard InChI is InChI=1S/C33H35ClFN5O2/c1-19-25(27-13-24(41)12-20-4-2-5-28(34)29(20)27)8-9-26-30(19)37-32(38-31(26)40-17-22-6-7-23(40)15-36-22)42-18-33-10-3-11-39(33)16-21(35)14-33/h2,4-5,8-9,12-13,21-23,36,41H,3,6-7,10-11,14-18H2,1H3/t21?,22?,23-,33-/m0/s1. The van der Waals surface area contributed by atoms with Crippen LogP contribution < -0.4 is 15.0 Å². The molecule has 0 radical (unpaired) electrons. The number of nitrogens with one attached hydrogen (secondary N) is 1. The van der Waals surface area contributed by atoms with Gasteiger partial charge >= 0.3 is 6.01 Å². The molecule has 6 heterocycles. The second-order valence-corrected chi connectivity index (χ2v) is 13.1. The fraction of sp³-hybridized carbons (Fsp3) is 0.455. The molecule has 0 saturated carbocycles. The molecule has 9 rings (SSSR count). The third-order valence-corrected chi connectivity index (χ3v) is 10.4. The number of aryl methyl sites for hydroxylation is 1. The third-order valence-electron chi connectivity index (χ3n) is 10.1. The average Bonchev–Trinajstić information content (AvgIpc) is 3.52. The summed E-state index contributed by atoms with van der Waals surface area (Å²) in [4.78, 5) is 14.7. The SMILES string of the molecule is Cc1c(-c2cc(O)cc3cccc(Cl)c23)ccc2c(N3CC4CC[C@H]3CN4)nc(OC[C@@]34CCCN3CC(F)C4)nc12. The number of aromatic nitrogens is 2. The zero-order valence-electron chi connectivity index (χ0n) is 23.7. The monoisotopic (exact) mass is 587 g/mol. The van der Waals surface area contributed by atoms with Crippen molar-refractivity contribution < 1.29 is 14.2 Å². The molecule has 3 aromatic carbocycles. The molecule has 5 saturated heterocycles. The summed E-state index contributed by atoms with van der Waals surface area (Å²) >= 11 is 6.71. The predicted molar refractivity (Wildman–Crippen MR) is 165 cm³/mol. The smallest absolute Gasteiger partial charge is 0.319 e. The second-order valence-electron chi connectivity index (χ2n) is 12.6. The van der Waals surface area contributed by atoms with Gasteiger partial charge in [-0.05, 0) is 85.5 Å². The molecule has 42 heavy (non-hydrogen) atoms. The molecule has 5 aliphatic heterocycles. The molecule has 9 heteroatoms. The Morgan fingerprint density at radius 3 is 2.86 bits per heavy atom. The van der Waals surface area contributed by atoms with E-state index >= 15 is 0 Å². The number of piperidine rings is 2. The van der Waals surface area contributed by atoms with Gasteiger partial charge in [-0.15, -0.1) is 0 Å². The summed E-state index contributed by atoms with van der Waals surface area (Å²) in [5.41, 5.74) is 3.32. The molecule has 0 spiro atoms. The minimum Gasteiger partial charge on any atom is -0.508 e. The molecular weight excluding hydrogens is 553 g/mol. The van der Waals surface area contributed by atoms with E-state index in [-0.39, 0.29) is 11.3 Å². The maximum Gasteiger partial charge on any atom is 0.319 e. The van der Waals surface area contributed by atoms with Crippen molar-refractivity contribution in [2.45, 2.75) is 62.8 Å². The fourth-order valence-electron chi connectivity index (χ4n) is 8.07. The zero-order valence-corrected chi connectivity index (χ0v) is 24.5. The highest BCUT2D eigenvalue weighted by Gasteiger charge is 2.49. The molecule has 0 aliphatic carbocycles. The summed E-state index contributed by atoms with van der Waals surface area (Å²) in [5, 5.41) is 17.7. The Labute approximate surface area is 249 Å². The Morgan fingerprint density at radius 2 is 2.05 bits per heavy atom. The molecule has 5 aliphatic rings. The molecule has 2 unspecified atom stereocenters. The topological polar surface area (TPSA) is 73.8 Å². The van der Waals surface area contributed by atoms with E-state index in [1.54, 1.807) is 12.1 Å². The average molecular weight is 588 g/mol. The molecule has 218 valence electrons. The van der Waals surface area contributed by atoms with E-state index in [2.05, 4.69) is 34.2 Å². The van der Waals surface area contributed by atoms with E-state index in [4.69, 9.17) is 26.3 Å². The van der Waals surface area contributed by atoms with Crippen molar-refractivity contribution >= 4 is 39.1 Å². The number of hydrogen-bond acceptors (Lipinski definition) is 7. The summed E-state index contributed by atoms with van der Waals surface area (Å²) in [7, 11) is 0. The zero-order chi connectivity index (χ0) is 28.6. The first kappa shape index (κ1) is 26.4. The second kappa shape index (κ2) is 9.93. The number of rotatable bonds is 5. The summed E-state index contributed by atoms with van der Waals surface area (Å²) < 4.78 is 20.9. The van der Waals surface area contributed by atoms with Gasteiger partial charge in [0, 0.05) is 53.9 Å². The number of fused-ring (bicyclic) bond motifs is 6. The number of phenolic OH excluding ortho intramolecular Hbond substituents is 1. The van der Waals surface area contributed by atoms with Gasteiger partial charge in [0.05, 0.1) is 11.1 Å². The Hall–Kier alpha value is -3.20. The number of anilines is 1. The van der Waals surface area contributed by atoms with Gasteiger partial charge in [-0.3, -0.25) is 4.90 Å². The van der Waals surface area contributed by atoms with Gasteiger partial charge in [0.25, 0.3) is 0 Å². The molecule has 2 bridgehead atoms. The highest BCUT2D eigenvalue weighted by atomic mass is 35.5. The summed E-state index contributed by atoms with van der Waals surface area (Å²) in [5.74, 6) is 1.09. The van der Waals surface area contributed by atoms with Crippen LogP contribution in [0.2, 0.25) is 5.02 Å². The molecule has 2 N–H and O–H groups in total. The Balaban J connectivity index is 1.27. The molecule has 4 atom stereocenters. The fourth-order valence-corrected chi connectivity index (χ4v) is 8.35. The van der Waals surface area contributed by atoms with E-state index in [0.717, 1.165) is 83.1 Å². The van der Waals surface area contributed by atoms with Gasteiger partial charge in [-0.1, -0.05) is 29.8 Å². The number of aromatic hydroxyl groups is 1. The van der Waals surface area contributed by atoms with E-state index in [1.807, 2.05) is 18.2 Å². The number of hydrogen-bond donors (Lipinski definition) is 2. The van der Waals surface area contributed by atoms with E-state index in [0.29, 0.717) is 42.7 Å². The highest BCUT2D eigenvalue weighted by molar-refractivity contribution is 6.36. The lowest BCUT2D eigenvalue weighted by molar-refractivity contribution is 0.107. The van der Waals surface area contributed by atoms with Crippen LogP contribution >= 0.6 is 11.6 Å². The Bertz CT molecular complexity index is 1710. The number of ether oxygens (including phenoxy) is 1. The quantitative estimate of drug-likeness (QED) is 0.296. The van der Waals surface area contributed by atoms with E-state index in [9.17, 15) is 9.50 Å². The van der Waals surface area contributed by atoms with Crippen molar-refractivity contribution in [1.82, 2.24) is 20.2 Å². The number of benzene rings is 3. The molecule has 5 fully saturated rings. The number of piperazine rings is 1. The van der Waals surface area contributed by atoms with Crippen molar-refractivity contribution in [2.24, 2.45) is 0 Å². The van der Waals surface area contributed by atoms with Crippen LogP contribution in [0.1, 0.15) is 37.7 Å². The molecular formula is C33H35ClFN5O2. The van der Waals surface area contributed by atoms with E-state index in [1.165, 1.54) is 6.42 Å². The minimum atomic E-state index is -0.813. The first-order chi connectivity index (χ1) is 20.4. The third kappa shape index (κ3) is 4.21. The predicted octanol–water partition coefficient (Wildman–Crippen LogP) is 6.01. The number of alkyl halides is 1. The molecule has 4 aromatic rings. The maximum atomic E-state index is 14.5. The lowest BCUT2D eigenvalue weighted by Gasteiger charge is -2.46. The van der Waals surface area contributed by atoms with Crippen LogP contribution in [0.15, 0.2) is 42.5 Å². The normalized spacial score (nSPS) is 27.3. The first-order valence-electron chi connectivity index (χ1n) is 15.1. The summed E-state index contributed by atoms with van der Waals surface area (Å²) in [6.45, 7) is 5.69. The van der Waals surface area contributed by atoms with Crippen LogP contribution in [0, 0.1) is 6.92 Å². The van der Waals surface area contributed by atoms with Crippen LogP contribution in [0.25, 0.3) is 32.8 Å². The van der Waals surface area contributed by atoms with Crippen molar-refractivity contribution in [3.8, 4) is 22.9 Å². The van der Waals surface area contributed by atoms with Crippen LogP contribution in [0.3, 0.4) is 0 Å². The van der Waals surface area contributed by atoms with Crippen molar-refractivity contribution in [3.63, 3.8) is 0 Å². The molecule has 0 amide bonds. The number of nitrogens with zero attached hydrogens (tertiary/aromatic N) is 4. The van der Waals surface area contributed by atoms with Gasteiger partial charge in [0.2, 0.25) is 0 Å². The molecule has 7 nitrogen and oxygen atoms in total. The van der Waals surface area contributed by atoms with Gasteiger partial charge in [-0.2, -0.15) is 9.97 Å². The largest absolute Gasteiger partial charge is 0.508 e. The maximum absolute atomic E-state index is 14.5. The van der Waals surface area contributed by atoms with Gasteiger partial charge in [0.1, 0.15) is 24.3 Å². The van der Waals surface area contributed by atoms with Crippen LogP contribution in [-0.2, 0) is 0 Å². The first-order valence-corrected chi connectivity index (χ1v) is 15.5. The number of phenols is 1. The van der Waals surface area contributed by atoms with Crippen LogP contribution in [0.4, 0.5) is 10.2 Å². The lowest BCUT2D eigenvalue weighted by atomic mass is 9.91. The Morgan fingerprint density at radius 1 is 1.14 bits per heavy atom. The van der Waals surface area contributed by atoms with E-state index < -0.39 is 6.17 Å². The van der Waals surface area contributed by atoms with Gasteiger partial charge < -0.3 is 20.1 Å². The van der Waals surface area contributed by atoms with Crippen LogP contribution in [-0.4, -0.2) is 76.6 Å².